The summed E-state index contributed by atoms with van der Waals surface area (Å²) in [5.74, 6) is 0. The van der Waals surface area contributed by atoms with Gasteiger partial charge >= 0.3 is 0 Å². The standard InChI is InChI=1S/C7H9N3S2/c1-2-6(3-4-8)12-7-10-9-5-11-7/h5-6H,2-3H2,1H3. The molecule has 0 aliphatic carbocycles. The van der Waals surface area contributed by atoms with Crippen molar-refractivity contribution in [2.75, 3.05) is 0 Å². The minimum Gasteiger partial charge on any atom is -0.198 e. The Bertz CT molecular complexity index is 252. The van der Waals surface area contributed by atoms with Crippen molar-refractivity contribution in [3.8, 4) is 6.07 Å². The van der Waals surface area contributed by atoms with Crippen LogP contribution < -0.4 is 0 Å². The molecule has 1 unspecified atom stereocenters. The molecule has 0 N–H and O–H groups in total. The highest BCUT2D eigenvalue weighted by atomic mass is 32.2. The molecule has 0 aliphatic rings. The molecule has 64 valence electrons. The molecule has 0 aliphatic heterocycles. The van der Waals surface area contributed by atoms with E-state index in [1.807, 2.05) is 0 Å². The lowest BCUT2D eigenvalue weighted by molar-refractivity contribution is 0.839. The number of rotatable bonds is 4. The van der Waals surface area contributed by atoms with E-state index in [1.165, 1.54) is 11.3 Å². The van der Waals surface area contributed by atoms with E-state index in [9.17, 15) is 0 Å². The molecule has 1 aromatic rings. The summed E-state index contributed by atoms with van der Waals surface area (Å²) in [7, 11) is 0. The monoisotopic (exact) mass is 199 g/mol. The lowest BCUT2D eigenvalue weighted by Crippen LogP contribution is -1.98. The summed E-state index contributed by atoms with van der Waals surface area (Å²) in [6.45, 7) is 2.08. The first-order valence-corrected chi connectivity index (χ1v) is 5.42. The third-order valence-corrected chi connectivity index (χ3v) is 3.56. The van der Waals surface area contributed by atoms with Gasteiger partial charge in [-0.1, -0.05) is 30.0 Å². The molecule has 1 heterocycles. The Kier molecular flexibility index (Phi) is 4.05. The second-order valence-electron chi connectivity index (χ2n) is 2.21. The van der Waals surface area contributed by atoms with Crippen molar-refractivity contribution in [1.82, 2.24) is 10.2 Å². The molecule has 0 saturated heterocycles. The summed E-state index contributed by atoms with van der Waals surface area (Å²) in [6.07, 6.45) is 1.58. The van der Waals surface area contributed by atoms with E-state index in [2.05, 4.69) is 23.2 Å². The van der Waals surface area contributed by atoms with Crippen molar-refractivity contribution in [1.29, 1.82) is 5.26 Å². The van der Waals surface area contributed by atoms with Crippen molar-refractivity contribution in [3.05, 3.63) is 5.51 Å². The van der Waals surface area contributed by atoms with Gasteiger partial charge in [0.1, 0.15) is 5.51 Å². The summed E-state index contributed by atoms with van der Waals surface area (Å²) in [5, 5.41) is 16.5. The molecule has 0 bridgehead atoms. The summed E-state index contributed by atoms with van der Waals surface area (Å²) >= 11 is 3.17. The first-order chi connectivity index (χ1) is 5.86. The van der Waals surface area contributed by atoms with E-state index in [0.717, 1.165) is 10.8 Å². The van der Waals surface area contributed by atoms with Crippen molar-refractivity contribution >= 4 is 23.1 Å². The van der Waals surface area contributed by atoms with Gasteiger partial charge in [-0.05, 0) is 6.42 Å². The quantitative estimate of drug-likeness (QED) is 0.698. The van der Waals surface area contributed by atoms with Crippen LogP contribution in [0.3, 0.4) is 0 Å². The minimum atomic E-state index is 0.364. The van der Waals surface area contributed by atoms with Gasteiger partial charge in [0.15, 0.2) is 4.34 Å². The van der Waals surface area contributed by atoms with Gasteiger partial charge in [-0.15, -0.1) is 10.2 Å². The van der Waals surface area contributed by atoms with Crippen LogP contribution in [0.25, 0.3) is 0 Å². The van der Waals surface area contributed by atoms with Crippen LogP contribution in [-0.2, 0) is 0 Å². The zero-order chi connectivity index (χ0) is 8.81. The second kappa shape index (κ2) is 5.12. The molecule has 3 nitrogen and oxygen atoms in total. The van der Waals surface area contributed by atoms with Crippen LogP contribution in [-0.4, -0.2) is 15.4 Å². The summed E-state index contributed by atoms with van der Waals surface area (Å²) < 4.78 is 0.956. The number of thioether (sulfide) groups is 1. The molecule has 0 aromatic carbocycles. The lowest BCUT2D eigenvalue weighted by atomic mass is 10.3. The fraction of sp³-hybridized carbons (Fsp3) is 0.571. The van der Waals surface area contributed by atoms with E-state index >= 15 is 0 Å². The highest BCUT2D eigenvalue weighted by Gasteiger charge is 2.09. The van der Waals surface area contributed by atoms with Gasteiger partial charge < -0.3 is 0 Å². The molecule has 12 heavy (non-hydrogen) atoms. The molecule has 0 saturated carbocycles. The Balaban J connectivity index is 2.44. The molecule has 0 amide bonds. The predicted molar refractivity (Wildman–Crippen MR) is 50.1 cm³/mol. The topological polar surface area (TPSA) is 49.6 Å². The predicted octanol–water partition coefficient (Wildman–Crippen LogP) is 2.32. The molecule has 1 atom stereocenters. The third kappa shape index (κ3) is 2.80. The molecule has 5 heteroatoms. The van der Waals surface area contributed by atoms with E-state index < -0.39 is 0 Å². The van der Waals surface area contributed by atoms with E-state index in [-0.39, 0.29) is 0 Å². The Labute approximate surface area is 79.8 Å². The molecule has 1 rings (SSSR count). The van der Waals surface area contributed by atoms with E-state index in [0.29, 0.717) is 11.7 Å². The fourth-order valence-corrected chi connectivity index (χ4v) is 2.47. The first kappa shape index (κ1) is 9.49. The molecular weight excluding hydrogens is 190 g/mol. The maximum absolute atomic E-state index is 8.50. The van der Waals surface area contributed by atoms with Gasteiger partial charge in [-0.3, -0.25) is 0 Å². The zero-order valence-corrected chi connectivity index (χ0v) is 8.36. The van der Waals surface area contributed by atoms with Crippen LogP contribution in [0.2, 0.25) is 0 Å². The Morgan fingerprint density at radius 2 is 2.67 bits per heavy atom. The average Bonchev–Trinajstić information content (AvgIpc) is 2.56. The van der Waals surface area contributed by atoms with Crippen LogP contribution in [0.5, 0.6) is 0 Å². The van der Waals surface area contributed by atoms with Crippen LogP contribution in [0.15, 0.2) is 9.85 Å². The van der Waals surface area contributed by atoms with E-state index in [4.69, 9.17) is 5.26 Å². The van der Waals surface area contributed by atoms with Crippen molar-refractivity contribution in [2.24, 2.45) is 0 Å². The fourth-order valence-electron chi connectivity index (χ4n) is 0.728. The van der Waals surface area contributed by atoms with Gasteiger partial charge in [0.05, 0.1) is 6.07 Å². The molecule has 1 aromatic heterocycles. The number of hydrogen-bond acceptors (Lipinski definition) is 5. The largest absolute Gasteiger partial charge is 0.198 e. The number of nitriles is 1. The van der Waals surface area contributed by atoms with Crippen molar-refractivity contribution in [2.45, 2.75) is 29.4 Å². The number of aromatic nitrogens is 2. The minimum absolute atomic E-state index is 0.364. The van der Waals surface area contributed by atoms with Gasteiger partial charge in [0, 0.05) is 11.7 Å². The lowest BCUT2D eigenvalue weighted by Gasteiger charge is -2.05. The Hall–Kier alpha value is -0.600. The summed E-state index contributed by atoms with van der Waals surface area (Å²) in [4.78, 5) is 0. The SMILES string of the molecule is CCC(CC#N)Sc1nncs1. The van der Waals surface area contributed by atoms with E-state index in [1.54, 1.807) is 17.3 Å². The van der Waals surface area contributed by atoms with Crippen LogP contribution in [0.1, 0.15) is 19.8 Å². The van der Waals surface area contributed by atoms with Crippen molar-refractivity contribution in [3.63, 3.8) is 0 Å². The molecule has 0 fully saturated rings. The highest BCUT2D eigenvalue weighted by Crippen LogP contribution is 2.27. The average molecular weight is 199 g/mol. The third-order valence-electron chi connectivity index (χ3n) is 1.38. The zero-order valence-electron chi connectivity index (χ0n) is 6.73. The van der Waals surface area contributed by atoms with Crippen LogP contribution in [0, 0.1) is 11.3 Å². The van der Waals surface area contributed by atoms with Crippen LogP contribution in [0.4, 0.5) is 0 Å². The maximum Gasteiger partial charge on any atom is 0.174 e. The molecule has 0 spiro atoms. The number of nitrogens with zero attached hydrogens (tertiary/aromatic N) is 3. The molecule has 0 radical (unpaired) electrons. The number of hydrogen-bond donors (Lipinski definition) is 0. The van der Waals surface area contributed by atoms with Gasteiger partial charge in [-0.2, -0.15) is 5.26 Å². The normalized spacial score (nSPS) is 12.3. The first-order valence-electron chi connectivity index (χ1n) is 3.66. The van der Waals surface area contributed by atoms with Gasteiger partial charge in [0.2, 0.25) is 0 Å². The van der Waals surface area contributed by atoms with Crippen molar-refractivity contribution < 1.29 is 0 Å². The highest BCUT2D eigenvalue weighted by molar-refractivity contribution is 8.01. The van der Waals surface area contributed by atoms with Crippen LogP contribution >= 0.6 is 23.1 Å². The maximum atomic E-state index is 8.50. The second-order valence-corrected chi connectivity index (χ2v) is 4.60. The Morgan fingerprint density at radius 1 is 1.83 bits per heavy atom. The Morgan fingerprint density at radius 3 is 3.17 bits per heavy atom. The van der Waals surface area contributed by atoms with Gasteiger partial charge in [-0.25, -0.2) is 0 Å². The summed E-state index contributed by atoms with van der Waals surface area (Å²) in [6, 6.07) is 2.17. The van der Waals surface area contributed by atoms with Gasteiger partial charge in [0.25, 0.3) is 0 Å². The smallest absolute Gasteiger partial charge is 0.174 e. The molecular formula is C7H9N3S2. The summed E-state index contributed by atoms with van der Waals surface area (Å²) in [5.41, 5.74) is 1.71.